The highest BCUT2D eigenvalue weighted by Crippen LogP contribution is 2.35. The molecule has 0 radical (unpaired) electrons. The minimum atomic E-state index is -0.650. The van der Waals surface area contributed by atoms with Crippen LogP contribution in [0, 0.1) is 11.3 Å². The van der Waals surface area contributed by atoms with Crippen molar-refractivity contribution in [3.8, 4) is 12.1 Å². The predicted octanol–water partition coefficient (Wildman–Crippen LogP) is 5.33. The smallest absolute Gasteiger partial charge is 0.410 e. The number of likely N-dealkylation sites (tertiary alicyclic amines) is 1. The van der Waals surface area contributed by atoms with E-state index in [1.54, 1.807) is 29.2 Å². The number of imide groups is 1. The molecule has 16 nitrogen and oxygen atoms in total. The number of hydrogen-bond donors (Lipinski definition) is 0. The normalized spacial score (nSPS) is 20.1. The van der Waals surface area contributed by atoms with Gasteiger partial charge in [0.1, 0.15) is 18.0 Å². The number of hydrogen-bond acceptors (Lipinski definition) is 14. The van der Waals surface area contributed by atoms with E-state index in [0.717, 1.165) is 48.7 Å². The number of nitriles is 1. The van der Waals surface area contributed by atoms with Gasteiger partial charge in [0.05, 0.1) is 87.6 Å². The molecule has 4 aliphatic rings. The van der Waals surface area contributed by atoms with Crippen molar-refractivity contribution in [2.24, 2.45) is 0 Å². The zero-order chi connectivity index (χ0) is 44.8. The van der Waals surface area contributed by atoms with Gasteiger partial charge >= 0.3 is 12.1 Å². The van der Waals surface area contributed by atoms with Crippen molar-refractivity contribution in [2.45, 2.75) is 70.4 Å². The molecule has 8 rings (SSSR count). The Balaban J connectivity index is 0.858. The van der Waals surface area contributed by atoms with E-state index in [-0.39, 0.29) is 49.6 Å². The number of piperazine rings is 1. The van der Waals surface area contributed by atoms with E-state index >= 15 is 0 Å². The fourth-order valence-corrected chi connectivity index (χ4v) is 9.00. The van der Waals surface area contributed by atoms with Crippen LogP contribution in [0.5, 0.6) is 6.01 Å². The summed E-state index contributed by atoms with van der Waals surface area (Å²) in [5, 5.41) is 12.2. The topological polar surface area (TPSA) is 163 Å². The van der Waals surface area contributed by atoms with Crippen molar-refractivity contribution in [3.63, 3.8) is 0 Å². The fraction of sp³-hybridized carbons (Fsp3) is 0.500. The third-order valence-electron chi connectivity index (χ3n) is 12.2. The molecule has 64 heavy (non-hydrogen) atoms. The third kappa shape index (κ3) is 10.2. The minimum Gasteiger partial charge on any atom is -0.462 e. The molecule has 3 atom stereocenters. The zero-order valence-electron chi connectivity index (χ0n) is 37.2. The Morgan fingerprint density at radius 2 is 1.55 bits per heavy atom. The van der Waals surface area contributed by atoms with Gasteiger partial charge in [-0.2, -0.15) is 15.2 Å². The number of likely N-dealkylation sites (N-methyl/N-ethyl adjacent to an activating group) is 1. The van der Waals surface area contributed by atoms with E-state index in [9.17, 15) is 19.6 Å². The standard InChI is InChI=1S/C48H58N8O8/c1-48(2,3)64-47(59)55-21-20-54(29-34(55)16-18-49)43-40-17-19-53(42-15-9-11-33-10-5-6-12-37(33)42)31-41(40)50-46(51-43)63-32-35-28-36(30-52(35)4)62-27-26-61-25-24-60-23-22-56-44(57)38-13-7-8-14-39(38)45(56)58/h5-15,34-36H,16-17,19-32H2,1-4H3/t34-,35-,36+/m0/s1. The lowest BCUT2D eigenvalue weighted by Crippen LogP contribution is -2.56. The first-order valence-electron chi connectivity index (χ1n) is 22.3. The lowest BCUT2D eigenvalue weighted by atomic mass is 10.0. The molecule has 0 aliphatic carbocycles. The molecule has 4 aromatic rings. The largest absolute Gasteiger partial charge is 0.462 e. The first-order chi connectivity index (χ1) is 31.0. The number of benzene rings is 3. The van der Waals surface area contributed by atoms with Crippen molar-refractivity contribution in [2.75, 3.05) is 95.8 Å². The van der Waals surface area contributed by atoms with Crippen molar-refractivity contribution < 1.29 is 38.1 Å². The summed E-state index contributed by atoms with van der Waals surface area (Å²) in [7, 11) is 2.06. The van der Waals surface area contributed by atoms with Gasteiger partial charge in [-0.3, -0.25) is 19.4 Å². The number of fused-ring (bicyclic) bond motifs is 3. The number of anilines is 2. The molecule has 4 aliphatic heterocycles. The van der Waals surface area contributed by atoms with Gasteiger partial charge in [0.25, 0.3) is 11.8 Å². The van der Waals surface area contributed by atoms with Crippen molar-refractivity contribution in [1.29, 1.82) is 5.26 Å². The van der Waals surface area contributed by atoms with Crippen molar-refractivity contribution in [1.82, 2.24) is 24.7 Å². The van der Waals surface area contributed by atoms with Gasteiger partial charge in [0.15, 0.2) is 0 Å². The van der Waals surface area contributed by atoms with E-state index in [0.29, 0.717) is 76.4 Å². The van der Waals surface area contributed by atoms with Crippen LogP contribution in [0.15, 0.2) is 66.7 Å². The molecular weight excluding hydrogens is 817 g/mol. The first-order valence-corrected chi connectivity index (χ1v) is 22.3. The second-order valence-electron chi connectivity index (χ2n) is 17.7. The molecule has 0 unspecified atom stereocenters. The summed E-state index contributed by atoms with van der Waals surface area (Å²) < 4.78 is 29.8. The van der Waals surface area contributed by atoms with Crippen LogP contribution in [0.25, 0.3) is 10.8 Å². The van der Waals surface area contributed by atoms with Crippen LogP contribution in [-0.2, 0) is 31.9 Å². The van der Waals surface area contributed by atoms with E-state index in [2.05, 4.69) is 70.3 Å². The summed E-state index contributed by atoms with van der Waals surface area (Å²) >= 11 is 0. The predicted molar refractivity (Wildman–Crippen MR) is 240 cm³/mol. The summed E-state index contributed by atoms with van der Waals surface area (Å²) in [4.78, 5) is 58.1. The average molecular weight is 875 g/mol. The van der Waals surface area contributed by atoms with Crippen molar-refractivity contribution >= 4 is 40.2 Å². The number of rotatable bonds is 16. The molecule has 0 spiro atoms. The summed E-state index contributed by atoms with van der Waals surface area (Å²) in [6.07, 6.45) is 1.26. The molecule has 2 fully saturated rings. The summed E-state index contributed by atoms with van der Waals surface area (Å²) in [6, 6.07) is 23.9. The number of ether oxygens (including phenoxy) is 5. The van der Waals surface area contributed by atoms with Gasteiger partial charge in [-0.1, -0.05) is 48.5 Å². The maximum absolute atomic E-state index is 13.2. The van der Waals surface area contributed by atoms with E-state index < -0.39 is 11.7 Å². The number of amides is 3. The van der Waals surface area contributed by atoms with Gasteiger partial charge in [-0.15, -0.1) is 0 Å². The van der Waals surface area contributed by atoms with Crippen LogP contribution in [0.2, 0.25) is 0 Å². The highest BCUT2D eigenvalue weighted by molar-refractivity contribution is 6.21. The molecule has 1 aromatic heterocycles. The maximum Gasteiger partial charge on any atom is 0.410 e. The Kier molecular flexibility index (Phi) is 13.9. The molecule has 338 valence electrons. The van der Waals surface area contributed by atoms with Gasteiger partial charge < -0.3 is 38.4 Å². The van der Waals surface area contributed by atoms with Crippen LogP contribution < -0.4 is 14.5 Å². The quantitative estimate of drug-likeness (QED) is 0.105. The number of nitrogens with zero attached hydrogens (tertiary/aromatic N) is 8. The van der Waals surface area contributed by atoms with E-state index in [4.69, 9.17) is 33.7 Å². The van der Waals surface area contributed by atoms with Gasteiger partial charge in [0, 0.05) is 55.4 Å². The molecule has 5 heterocycles. The van der Waals surface area contributed by atoms with Gasteiger partial charge in [0.2, 0.25) is 0 Å². The Bertz CT molecular complexity index is 2330. The fourth-order valence-electron chi connectivity index (χ4n) is 9.00. The second-order valence-corrected chi connectivity index (χ2v) is 17.7. The average Bonchev–Trinajstić information content (AvgIpc) is 3.76. The molecule has 3 amide bonds. The summed E-state index contributed by atoms with van der Waals surface area (Å²) in [6.45, 7) is 11.3. The lowest BCUT2D eigenvalue weighted by Gasteiger charge is -2.42. The third-order valence-corrected chi connectivity index (χ3v) is 12.2. The van der Waals surface area contributed by atoms with Crippen LogP contribution in [-0.4, -0.2) is 152 Å². The van der Waals surface area contributed by atoms with Crippen LogP contribution in [0.1, 0.15) is 65.6 Å². The summed E-state index contributed by atoms with van der Waals surface area (Å²) in [5.74, 6) is 0.216. The highest BCUT2D eigenvalue weighted by atomic mass is 16.6. The van der Waals surface area contributed by atoms with Crippen LogP contribution in [0.4, 0.5) is 16.3 Å². The number of carbonyl (C=O) groups excluding carboxylic acids is 3. The number of carbonyl (C=O) groups is 3. The van der Waals surface area contributed by atoms with E-state index in [1.165, 1.54) is 15.7 Å². The second kappa shape index (κ2) is 19.9. The maximum atomic E-state index is 13.2. The van der Waals surface area contributed by atoms with Crippen molar-refractivity contribution in [3.05, 3.63) is 89.1 Å². The summed E-state index contributed by atoms with van der Waals surface area (Å²) in [5.41, 5.74) is 3.33. The SMILES string of the molecule is CN1C[C@H](OCCOCCOCCN2C(=O)c3ccccc3C2=O)C[C@H]1COc1nc2c(c(N3CCN(C(=O)OC(C)(C)C)[C@@H](CC#N)C3)n1)CCN(c1cccc3ccccc13)C2. The van der Waals surface area contributed by atoms with Crippen LogP contribution in [0.3, 0.4) is 0 Å². The Labute approximate surface area is 374 Å². The first kappa shape index (κ1) is 44.7. The Morgan fingerprint density at radius 3 is 2.31 bits per heavy atom. The molecule has 16 heteroatoms. The molecule has 0 bridgehead atoms. The Hall–Kier alpha value is -5.86. The number of aromatic nitrogens is 2. The van der Waals surface area contributed by atoms with Crippen LogP contribution >= 0.6 is 0 Å². The Morgan fingerprint density at radius 1 is 0.828 bits per heavy atom. The van der Waals surface area contributed by atoms with E-state index in [1.807, 2.05) is 20.8 Å². The van der Waals surface area contributed by atoms with Gasteiger partial charge in [-0.05, 0) is 64.2 Å². The zero-order valence-corrected chi connectivity index (χ0v) is 37.2. The molecular formula is C48H58N8O8. The van der Waals surface area contributed by atoms with Gasteiger partial charge in [-0.25, -0.2) is 4.79 Å². The highest BCUT2D eigenvalue weighted by Gasteiger charge is 2.37. The molecule has 2 saturated heterocycles. The monoisotopic (exact) mass is 874 g/mol. The molecule has 0 saturated carbocycles. The lowest BCUT2D eigenvalue weighted by molar-refractivity contribution is -0.00917. The molecule has 0 N–H and O–H groups in total. The minimum absolute atomic E-state index is 0.00529. The molecule has 3 aromatic carbocycles.